The molecule has 0 bridgehead atoms. The Kier molecular flexibility index (Phi) is 15.5. The van der Waals surface area contributed by atoms with Crippen molar-refractivity contribution in [2.75, 3.05) is 0 Å². The van der Waals surface area contributed by atoms with Crippen molar-refractivity contribution in [2.45, 2.75) is 99.8 Å². The molecule has 0 spiro atoms. The van der Waals surface area contributed by atoms with E-state index < -0.39 is 0 Å². The Morgan fingerprint density at radius 1 is 0.872 bits per heavy atom. The van der Waals surface area contributed by atoms with Crippen LogP contribution >= 0.6 is 0 Å². The standard InChI is InChI=1S/C22H24N.C13H24O2.Ir/c1-5-17(6-2)20-14-22(18-12-15(3)11-16(4)13-18)23-21-10-8-7-9-19(20)21;1-5-10(6-2)12(14)9-13(15)11(7-3)8-4;/h7-12,14,17H,5-6H2,1-4H3;9-11,14H,5-8H2,1-4H3;/q-1;;/b;12-9-;. The zero-order valence-corrected chi connectivity index (χ0v) is 27.6. The minimum atomic E-state index is 0. The summed E-state index contributed by atoms with van der Waals surface area (Å²) in [6.45, 7) is 16.8. The summed E-state index contributed by atoms with van der Waals surface area (Å²) in [5.74, 6) is 1.12. The van der Waals surface area contributed by atoms with Crippen LogP contribution in [0.25, 0.3) is 22.2 Å². The number of aryl methyl sites for hydroxylation is 2. The van der Waals surface area contributed by atoms with E-state index in [1.807, 2.05) is 27.7 Å². The number of ketones is 1. The van der Waals surface area contributed by atoms with Gasteiger partial charge in [0.05, 0.1) is 11.3 Å². The van der Waals surface area contributed by atoms with Gasteiger partial charge in [-0.1, -0.05) is 79.7 Å². The summed E-state index contributed by atoms with van der Waals surface area (Å²) in [5.41, 5.74) is 7.06. The number of nitrogens with zero attached hydrogens (tertiary/aromatic N) is 1. The number of carbonyl (C=O) groups excluding carboxylic acids is 1. The predicted octanol–water partition coefficient (Wildman–Crippen LogP) is 10.1. The maximum Gasteiger partial charge on any atom is 0.162 e. The topological polar surface area (TPSA) is 50.2 Å². The van der Waals surface area contributed by atoms with Gasteiger partial charge in [0.2, 0.25) is 0 Å². The smallest absolute Gasteiger partial charge is 0.162 e. The number of aliphatic hydroxyl groups excluding tert-OH is 1. The van der Waals surface area contributed by atoms with E-state index in [1.54, 1.807) is 0 Å². The van der Waals surface area contributed by atoms with Crippen LogP contribution in [0.5, 0.6) is 0 Å². The minimum Gasteiger partial charge on any atom is -0.512 e. The van der Waals surface area contributed by atoms with E-state index in [1.165, 1.54) is 28.2 Å². The Balaban J connectivity index is 0.000000418. The van der Waals surface area contributed by atoms with Crippen LogP contribution in [0.3, 0.4) is 0 Å². The molecular formula is C35H48IrNO2-. The molecule has 0 amide bonds. The number of carbonyl (C=O) groups is 1. The molecule has 0 saturated heterocycles. The second kappa shape index (κ2) is 17.4. The summed E-state index contributed by atoms with van der Waals surface area (Å²) >= 11 is 0. The van der Waals surface area contributed by atoms with Crippen molar-refractivity contribution in [1.29, 1.82) is 0 Å². The zero-order chi connectivity index (χ0) is 28.2. The molecule has 3 rings (SSSR count). The molecule has 3 aromatic rings. The van der Waals surface area contributed by atoms with Gasteiger partial charge in [-0.25, -0.2) is 0 Å². The van der Waals surface area contributed by atoms with Crippen LogP contribution in [0, 0.1) is 31.7 Å². The number of aliphatic hydroxyl groups is 1. The molecule has 1 radical (unpaired) electrons. The largest absolute Gasteiger partial charge is 0.512 e. The minimum absolute atomic E-state index is 0. The number of aromatic nitrogens is 1. The fourth-order valence-corrected chi connectivity index (χ4v) is 5.22. The number of rotatable bonds is 11. The number of para-hydroxylation sites is 1. The third-order valence-electron chi connectivity index (χ3n) is 7.68. The Hall–Kier alpha value is -2.29. The van der Waals surface area contributed by atoms with Gasteiger partial charge in [-0.3, -0.25) is 9.78 Å². The van der Waals surface area contributed by atoms with E-state index in [9.17, 15) is 9.90 Å². The van der Waals surface area contributed by atoms with Crippen LogP contribution < -0.4 is 0 Å². The van der Waals surface area contributed by atoms with E-state index in [-0.39, 0.29) is 43.5 Å². The van der Waals surface area contributed by atoms with Crippen molar-refractivity contribution < 1.29 is 30.0 Å². The van der Waals surface area contributed by atoms with Gasteiger partial charge in [0.25, 0.3) is 0 Å². The molecule has 0 aliphatic heterocycles. The van der Waals surface area contributed by atoms with Gasteiger partial charge in [-0.15, -0.1) is 34.9 Å². The molecule has 3 nitrogen and oxygen atoms in total. The van der Waals surface area contributed by atoms with Gasteiger partial charge >= 0.3 is 0 Å². The van der Waals surface area contributed by atoms with Crippen LogP contribution in [0.4, 0.5) is 0 Å². The molecule has 0 fully saturated rings. The molecule has 1 aromatic heterocycles. The number of hydrogen-bond acceptors (Lipinski definition) is 3. The molecule has 1 N–H and O–H groups in total. The Labute approximate surface area is 250 Å². The van der Waals surface area contributed by atoms with Crippen LogP contribution in [0.1, 0.15) is 103 Å². The monoisotopic (exact) mass is 707 g/mol. The maximum atomic E-state index is 11.7. The van der Waals surface area contributed by atoms with Crippen molar-refractivity contribution in [3.63, 3.8) is 0 Å². The van der Waals surface area contributed by atoms with Crippen molar-refractivity contribution in [3.8, 4) is 11.3 Å². The van der Waals surface area contributed by atoms with Gasteiger partial charge in [0.1, 0.15) is 0 Å². The molecular weight excluding hydrogens is 659 g/mol. The number of hydrogen-bond donors (Lipinski definition) is 1. The normalized spacial score (nSPS) is 11.5. The van der Waals surface area contributed by atoms with Crippen molar-refractivity contribution in [2.24, 2.45) is 11.8 Å². The Bertz CT molecular complexity index is 1180. The van der Waals surface area contributed by atoms with Gasteiger partial charge in [0, 0.05) is 43.4 Å². The quantitative estimate of drug-likeness (QED) is 0.123. The van der Waals surface area contributed by atoms with Crippen molar-refractivity contribution in [1.82, 2.24) is 4.98 Å². The Morgan fingerprint density at radius 3 is 2.00 bits per heavy atom. The molecule has 2 aromatic carbocycles. The fraction of sp³-hybridized carbons (Fsp3) is 0.486. The molecule has 0 atom stereocenters. The molecule has 39 heavy (non-hydrogen) atoms. The summed E-state index contributed by atoms with van der Waals surface area (Å²) < 4.78 is 0. The third-order valence-corrected chi connectivity index (χ3v) is 7.68. The SMILES string of the molecule is CCC(CC)C(=O)/C=C(\O)C(CC)CC.CCC(CC)c1cc(-c2[c-]c(C)cc(C)c2)nc2ccccc12.[Ir]. The van der Waals surface area contributed by atoms with E-state index >= 15 is 0 Å². The third kappa shape index (κ3) is 9.69. The van der Waals surface area contributed by atoms with Crippen LogP contribution in [0.2, 0.25) is 0 Å². The van der Waals surface area contributed by atoms with Gasteiger partial charge in [0.15, 0.2) is 5.78 Å². The fourth-order valence-electron chi connectivity index (χ4n) is 5.22. The zero-order valence-electron chi connectivity index (χ0n) is 25.2. The van der Waals surface area contributed by atoms with Crippen LogP contribution in [0.15, 0.2) is 54.3 Å². The van der Waals surface area contributed by atoms with Crippen LogP contribution in [-0.4, -0.2) is 15.9 Å². The first-order valence-electron chi connectivity index (χ1n) is 14.6. The molecule has 1 heterocycles. The van der Waals surface area contributed by atoms with Crippen molar-refractivity contribution >= 4 is 16.7 Å². The van der Waals surface area contributed by atoms with Crippen LogP contribution in [-0.2, 0) is 24.9 Å². The molecule has 0 aliphatic carbocycles. The average molecular weight is 707 g/mol. The molecule has 215 valence electrons. The van der Waals surface area contributed by atoms with E-state index in [2.05, 4.69) is 76.2 Å². The first-order chi connectivity index (χ1) is 18.2. The number of fused-ring (bicyclic) bond motifs is 1. The first kappa shape index (κ1) is 34.7. The van der Waals surface area contributed by atoms with E-state index in [0.29, 0.717) is 5.92 Å². The first-order valence-corrected chi connectivity index (χ1v) is 14.6. The summed E-state index contributed by atoms with van der Waals surface area (Å²) in [6, 6.07) is 18.6. The summed E-state index contributed by atoms with van der Waals surface area (Å²) in [6.07, 6.45) is 7.21. The maximum absolute atomic E-state index is 11.7. The molecule has 0 aliphatic rings. The second-order valence-corrected chi connectivity index (χ2v) is 10.4. The van der Waals surface area contributed by atoms with E-state index in [4.69, 9.17) is 4.98 Å². The van der Waals surface area contributed by atoms with Gasteiger partial charge in [-0.2, -0.15) is 0 Å². The summed E-state index contributed by atoms with van der Waals surface area (Å²) in [7, 11) is 0. The average Bonchev–Trinajstić information content (AvgIpc) is 2.90. The molecule has 0 saturated carbocycles. The summed E-state index contributed by atoms with van der Waals surface area (Å²) in [5, 5.41) is 11.0. The van der Waals surface area contributed by atoms with Gasteiger partial charge in [-0.05, 0) is 61.8 Å². The predicted molar refractivity (Wildman–Crippen MR) is 163 cm³/mol. The van der Waals surface area contributed by atoms with Gasteiger partial charge < -0.3 is 5.11 Å². The van der Waals surface area contributed by atoms with Crippen molar-refractivity contribution in [3.05, 3.63) is 77.1 Å². The summed E-state index contributed by atoms with van der Waals surface area (Å²) in [4.78, 5) is 16.6. The number of benzene rings is 2. The Morgan fingerprint density at radius 2 is 1.46 bits per heavy atom. The van der Waals surface area contributed by atoms with E-state index in [0.717, 1.165) is 55.3 Å². The number of pyridine rings is 1. The second-order valence-electron chi connectivity index (χ2n) is 10.4. The molecule has 4 heteroatoms. The number of allylic oxidation sites excluding steroid dienone is 2. The molecule has 0 unspecified atom stereocenters.